The third-order valence-corrected chi connectivity index (χ3v) is 2.27. The van der Waals surface area contributed by atoms with E-state index in [1.807, 2.05) is 13.8 Å². The molecule has 1 heterocycles. The van der Waals surface area contributed by atoms with Crippen LogP contribution in [0, 0.1) is 5.92 Å². The first-order valence-corrected chi connectivity index (χ1v) is 4.84. The summed E-state index contributed by atoms with van der Waals surface area (Å²) in [5.41, 5.74) is 0. The van der Waals surface area contributed by atoms with Gasteiger partial charge < -0.3 is 0 Å². The van der Waals surface area contributed by atoms with Crippen LogP contribution in [0.3, 0.4) is 0 Å². The molecule has 0 spiro atoms. The van der Waals surface area contributed by atoms with E-state index in [0.717, 1.165) is 13.1 Å². The van der Waals surface area contributed by atoms with Crippen molar-refractivity contribution in [1.29, 1.82) is 0 Å². The molecule has 76 valence electrons. The van der Waals surface area contributed by atoms with E-state index in [4.69, 9.17) is 0 Å². The predicted octanol–water partition coefficient (Wildman–Crippen LogP) is -0.334. The highest BCUT2D eigenvalue weighted by atomic mass is 16.1. The molecule has 0 aliphatic carbocycles. The topological polar surface area (TPSA) is 53.2 Å². The second-order valence-electron chi connectivity index (χ2n) is 3.84. The summed E-state index contributed by atoms with van der Waals surface area (Å²) in [4.78, 5) is 11.3. The number of nitrogens with one attached hydrogen (secondary N) is 3. The van der Waals surface area contributed by atoms with Crippen molar-refractivity contribution in [3.8, 4) is 0 Å². The van der Waals surface area contributed by atoms with Crippen molar-refractivity contribution in [3.63, 3.8) is 0 Å². The predicted molar refractivity (Wildman–Crippen MR) is 52.2 cm³/mol. The molecule has 0 bridgehead atoms. The Morgan fingerprint density at radius 1 is 1.38 bits per heavy atom. The van der Waals surface area contributed by atoms with Crippen molar-refractivity contribution in [3.05, 3.63) is 0 Å². The maximum atomic E-state index is 11.3. The van der Waals surface area contributed by atoms with Crippen LogP contribution < -0.4 is 16.0 Å². The van der Waals surface area contributed by atoms with Gasteiger partial charge in [0.15, 0.2) is 0 Å². The average Bonchev–Trinajstić information content (AvgIpc) is 2.50. The van der Waals surface area contributed by atoms with Crippen molar-refractivity contribution >= 4 is 5.78 Å². The van der Waals surface area contributed by atoms with Gasteiger partial charge in [-0.2, -0.15) is 0 Å². The van der Waals surface area contributed by atoms with Gasteiger partial charge in [0.25, 0.3) is 0 Å². The minimum Gasteiger partial charge on any atom is -0.298 e. The minimum absolute atomic E-state index is 0.0527. The third-order valence-electron chi connectivity index (χ3n) is 2.27. The Hall–Kier alpha value is -0.450. The molecule has 1 saturated heterocycles. The largest absolute Gasteiger partial charge is 0.298 e. The van der Waals surface area contributed by atoms with Gasteiger partial charge in [0.2, 0.25) is 0 Å². The molecule has 4 nitrogen and oxygen atoms in total. The van der Waals surface area contributed by atoms with E-state index in [1.54, 1.807) is 6.92 Å². The summed E-state index contributed by atoms with van der Waals surface area (Å²) < 4.78 is 0. The molecule has 1 rings (SSSR count). The van der Waals surface area contributed by atoms with E-state index >= 15 is 0 Å². The van der Waals surface area contributed by atoms with Crippen LogP contribution in [-0.2, 0) is 4.79 Å². The van der Waals surface area contributed by atoms with Crippen molar-refractivity contribution in [1.82, 2.24) is 16.0 Å². The second kappa shape index (κ2) is 4.69. The van der Waals surface area contributed by atoms with Crippen LogP contribution in [0.5, 0.6) is 0 Å². The van der Waals surface area contributed by atoms with Crippen LogP contribution in [0.1, 0.15) is 20.8 Å². The van der Waals surface area contributed by atoms with E-state index in [-0.39, 0.29) is 18.1 Å². The summed E-state index contributed by atoms with van der Waals surface area (Å²) in [7, 11) is 0. The first-order valence-electron chi connectivity index (χ1n) is 4.84. The Balaban J connectivity index is 2.41. The van der Waals surface area contributed by atoms with Crippen LogP contribution in [-0.4, -0.2) is 31.2 Å². The SMILES string of the molecule is CC(=O)[C@H](NC1NCCN1)C(C)C. The van der Waals surface area contributed by atoms with E-state index < -0.39 is 0 Å². The molecule has 0 amide bonds. The van der Waals surface area contributed by atoms with Gasteiger partial charge in [0, 0.05) is 13.1 Å². The van der Waals surface area contributed by atoms with Crippen LogP contribution in [0.4, 0.5) is 0 Å². The highest BCUT2D eigenvalue weighted by Gasteiger charge is 2.23. The maximum Gasteiger partial charge on any atom is 0.147 e. The first kappa shape index (κ1) is 10.6. The fourth-order valence-electron chi connectivity index (χ4n) is 1.58. The van der Waals surface area contributed by atoms with Gasteiger partial charge in [-0.1, -0.05) is 13.8 Å². The van der Waals surface area contributed by atoms with Gasteiger partial charge >= 0.3 is 0 Å². The summed E-state index contributed by atoms with van der Waals surface area (Å²) >= 11 is 0. The van der Waals surface area contributed by atoms with E-state index in [9.17, 15) is 4.79 Å². The minimum atomic E-state index is -0.0527. The Morgan fingerprint density at radius 3 is 2.31 bits per heavy atom. The highest BCUT2D eigenvalue weighted by Crippen LogP contribution is 2.03. The van der Waals surface area contributed by atoms with Crippen molar-refractivity contribution in [2.45, 2.75) is 33.1 Å². The molecule has 0 saturated carbocycles. The van der Waals surface area contributed by atoms with Gasteiger partial charge in [0.1, 0.15) is 12.1 Å². The highest BCUT2D eigenvalue weighted by molar-refractivity contribution is 5.81. The molecule has 0 aromatic rings. The smallest absolute Gasteiger partial charge is 0.147 e. The number of rotatable bonds is 4. The summed E-state index contributed by atoms with van der Waals surface area (Å²) in [6.45, 7) is 7.65. The van der Waals surface area contributed by atoms with E-state index in [0.29, 0.717) is 5.92 Å². The zero-order chi connectivity index (χ0) is 9.84. The van der Waals surface area contributed by atoms with Crippen LogP contribution in [0.2, 0.25) is 0 Å². The van der Waals surface area contributed by atoms with Crippen LogP contribution in [0.25, 0.3) is 0 Å². The van der Waals surface area contributed by atoms with Gasteiger partial charge in [0.05, 0.1) is 6.04 Å². The molecule has 13 heavy (non-hydrogen) atoms. The summed E-state index contributed by atoms with van der Waals surface area (Å²) in [6, 6.07) is -0.0527. The lowest BCUT2D eigenvalue weighted by Gasteiger charge is -2.23. The monoisotopic (exact) mass is 185 g/mol. The standard InChI is InChI=1S/C9H19N3O/c1-6(2)8(7(3)13)12-9-10-4-5-11-9/h6,8-12H,4-5H2,1-3H3/t8-/m1/s1. The molecule has 0 radical (unpaired) electrons. The Kier molecular flexibility index (Phi) is 3.84. The summed E-state index contributed by atoms with van der Waals surface area (Å²) in [6.07, 6.45) is 0.0938. The molecule has 1 aliphatic heterocycles. The van der Waals surface area contributed by atoms with Gasteiger partial charge in [-0.25, -0.2) is 0 Å². The molecule has 4 heteroatoms. The zero-order valence-electron chi connectivity index (χ0n) is 8.55. The lowest BCUT2D eigenvalue weighted by atomic mass is 10.0. The first-order chi connectivity index (χ1) is 6.11. The van der Waals surface area contributed by atoms with Crippen molar-refractivity contribution in [2.75, 3.05) is 13.1 Å². The fraction of sp³-hybridized carbons (Fsp3) is 0.889. The molecule has 0 aromatic carbocycles. The summed E-state index contributed by atoms with van der Waals surface area (Å²) in [5.74, 6) is 0.534. The number of hydrogen-bond acceptors (Lipinski definition) is 4. The Bertz CT molecular complexity index is 176. The lowest BCUT2D eigenvalue weighted by Crippen LogP contribution is -2.54. The molecule has 0 unspecified atom stereocenters. The summed E-state index contributed by atoms with van der Waals surface area (Å²) in [5, 5.41) is 9.69. The van der Waals surface area contributed by atoms with Gasteiger partial charge in [-0.15, -0.1) is 0 Å². The normalized spacial score (nSPS) is 20.9. The molecule has 3 N–H and O–H groups in total. The van der Waals surface area contributed by atoms with E-state index in [2.05, 4.69) is 16.0 Å². The molecule has 1 fully saturated rings. The van der Waals surface area contributed by atoms with Crippen LogP contribution >= 0.6 is 0 Å². The van der Waals surface area contributed by atoms with Crippen molar-refractivity contribution in [2.24, 2.45) is 5.92 Å². The molecule has 1 atom stereocenters. The van der Waals surface area contributed by atoms with Gasteiger partial charge in [-0.3, -0.25) is 20.7 Å². The quantitative estimate of drug-likeness (QED) is 0.561. The number of hydrogen-bond donors (Lipinski definition) is 3. The maximum absolute atomic E-state index is 11.3. The lowest BCUT2D eigenvalue weighted by molar-refractivity contribution is -0.120. The number of carbonyl (C=O) groups is 1. The average molecular weight is 185 g/mol. The van der Waals surface area contributed by atoms with E-state index in [1.165, 1.54) is 0 Å². The zero-order valence-corrected chi connectivity index (χ0v) is 8.55. The molecular weight excluding hydrogens is 166 g/mol. The molecule has 0 aromatic heterocycles. The Morgan fingerprint density at radius 2 is 1.92 bits per heavy atom. The van der Waals surface area contributed by atoms with Crippen molar-refractivity contribution < 1.29 is 4.79 Å². The molecular formula is C9H19N3O. The van der Waals surface area contributed by atoms with Gasteiger partial charge in [-0.05, 0) is 12.8 Å². The van der Waals surface area contributed by atoms with Crippen LogP contribution in [0.15, 0.2) is 0 Å². The molecule has 1 aliphatic rings. The Labute approximate surface area is 79.5 Å². The number of Topliss-reactive ketones (excluding diaryl/α,β-unsaturated/α-hetero) is 1. The second-order valence-corrected chi connectivity index (χ2v) is 3.84. The number of carbonyl (C=O) groups excluding carboxylic acids is 1. The third kappa shape index (κ3) is 3.06. The number of ketones is 1. The fourth-order valence-corrected chi connectivity index (χ4v) is 1.58.